The fraction of sp³-hybridized carbons (Fsp3) is 0.444. The van der Waals surface area contributed by atoms with E-state index in [4.69, 9.17) is 0 Å². The molecule has 1 aliphatic carbocycles. The summed E-state index contributed by atoms with van der Waals surface area (Å²) in [5.41, 5.74) is -4.83. The van der Waals surface area contributed by atoms with Crippen LogP contribution in [0, 0.1) is 56.7 Å². The minimum absolute atomic E-state index is 0.623. The number of carbonyl (C=O) groups excluding carboxylic acids is 1. The Labute approximate surface area is 139 Å². The lowest BCUT2D eigenvalue weighted by atomic mass is 9.45. The Balaban J connectivity index is 2.40. The number of amides is 1. The standard InChI is InChI=1S/C18H16N4O2/c1-11-14(13-6-4-3-5-7-13)16(8-19,9-20)17(10-21)12(2)18(11,24)22-15(17)23/h3-7,11-12,14,24H,1-2H3,(H,22,23)/t11-,12-,14-,17-,18+/m1/s1. The van der Waals surface area contributed by atoms with Crippen molar-refractivity contribution in [3.8, 4) is 18.2 Å². The molecule has 1 aromatic carbocycles. The molecule has 1 aromatic rings. The molecule has 0 unspecified atom stereocenters. The number of nitrogens with one attached hydrogen (secondary N) is 1. The summed E-state index contributed by atoms with van der Waals surface area (Å²) in [6, 6.07) is 14.7. The molecule has 2 fully saturated rings. The average molecular weight is 320 g/mol. The molecule has 1 saturated heterocycles. The second-order valence-corrected chi connectivity index (χ2v) is 6.63. The number of rotatable bonds is 1. The van der Waals surface area contributed by atoms with Gasteiger partial charge >= 0.3 is 0 Å². The number of aliphatic hydroxyl groups is 1. The molecule has 1 amide bonds. The lowest BCUT2D eigenvalue weighted by molar-refractivity contribution is -0.135. The van der Waals surface area contributed by atoms with Crippen LogP contribution in [0.3, 0.4) is 0 Å². The molecule has 0 aromatic heterocycles. The maximum absolute atomic E-state index is 12.7. The predicted molar refractivity (Wildman–Crippen MR) is 82.3 cm³/mol. The lowest BCUT2D eigenvalue weighted by Crippen LogP contribution is -2.62. The second-order valence-electron chi connectivity index (χ2n) is 6.63. The fourth-order valence-electron chi connectivity index (χ4n) is 4.59. The van der Waals surface area contributed by atoms with E-state index in [0.29, 0.717) is 5.56 Å². The van der Waals surface area contributed by atoms with Gasteiger partial charge in [-0.1, -0.05) is 44.2 Å². The summed E-state index contributed by atoms with van der Waals surface area (Å²) in [7, 11) is 0. The molecule has 6 heteroatoms. The van der Waals surface area contributed by atoms with Crippen molar-refractivity contribution in [3.63, 3.8) is 0 Å². The number of benzene rings is 1. The van der Waals surface area contributed by atoms with Crippen LogP contribution < -0.4 is 5.32 Å². The Morgan fingerprint density at radius 1 is 1.08 bits per heavy atom. The van der Waals surface area contributed by atoms with Gasteiger partial charge in [0, 0.05) is 17.8 Å². The maximum atomic E-state index is 12.7. The van der Waals surface area contributed by atoms with Crippen molar-refractivity contribution in [3.05, 3.63) is 35.9 Å². The topological polar surface area (TPSA) is 121 Å². The Morgan fingerprint density at radius 3 is 2.17 bits per heavy atom. The third kappa shape index (κ3) is 1.44. The first-order valence-corrected chi connectivity index (χ1v) is 7.69. The van der Waals surface area contributed by atoms with Gasteiger partial charge in [0.1, 0.15) is 5.72 Å². The normalized spacial score (nSPS) is 39.2. The maximum Gasteiger partial charge on any atom is 0.245 e. The molecule has 24 heavy (non-hydrogen) atoms. The van der Waals surface area contributed by atoms with Gasteiger partial charge in [-0.05, 0) is 5.56 Å². The van der Waals surface area contributed by atoms with E-state index in [1.165, 1.54) is 0 Å². The zero-order chi connectivity index (χ0) is 17.8. The Bertz CT molecular complexity index is 817. The van der Waals surface area contributed by atoms with E-state index >= 15 is 0 Å². The quantitative estimate of drug-likeness (QED) is 0.810. The van der Waals surface area contributed by atoms with Gasteiger partial charge in [-0.3, -0.25) is 4.79 Å². The zero-order valence-corrected chi connectivity index (χ0v) is 13.3. The summed E-state index contributed by atoms with van der Waals surface area (Å²) >= 11 is 0. The zero-order valence-electron chi connectivity index (χ0n) is 13.3. The molecule has 2 N–H and O–H groups in total. The van der Waals surface area contributed by atoms with Crippen LogP contribution in [0.15, 0.2) is 30.3 Å². The number of nitriles is 3. The molecule has 5 atom stereocenters. The van der Waals surface area contributed by atoms with Crippen molar-refractivity contribution >= 4 is 5.91 Å². The summed E-state index contributed by atoms with van der Waals surface area (Å²) in [6.45, 7) is 3.24. The van der Waals surface area contributed by atoms with E-state index in [-0.39, 0.29) is 0 Å². The molecule has 120 valence electrons. The molecule has 6 nitrogen and oxygen atoms in total. The smallest absolute Gasteiger partial charge is 0.245 e. The molecule has 2 bridgehead atoms. The highest BCUT2D eigenvalue weighted by molar-refractivity contribution is 5.92. The van der Waals surface area contributed by atoms with Gasteiger partial charge in [-0.15, -0.1) is 0 Å². The first kappa shape index (κ1) is 16.0. The van der Waals surface area contributed by atoms with Crippen molar-refractivity contribution in [2.45, 2.75) is 25.5 Å². The van der Waals surface area contributed by atoms with Crippen molar-refractivity contribution < 1.29 is 9.90 Å². The Hall–Kier alpha value is -2.88. The minimum Gasteiger partial charge on any atom is -0.370 e. The van der Waals surface area contributed by atoms with Crippen LogP contribution in [0.2, 0.25) is 0 Å². The summed E-state index contributed by atoms with van der Waals surface area (Å²) in [6.07, 6.45) is 0. The van der Waals surface area contributed by atoms with Gasteiger partial charge in [0.2, 0.25) is 5.91 Å². The van der Waals surface area contributed by atoms with Crippen LogP contribution >= 0.6 is 0 Å². The number of hydrogen-bond donors (Lipinski definition) is 2. The first-order chi connectivity index (χ1) is 11.4. The summed E-state index contributed by atoms with van der Waals surface area (Å²) in [5, 5.41) is 43.3. The molecular formula is C18H16N4O2. The number of fused-ring (bicyclic) bond motifs is 2. The third-order valence-corrected chi connectivity index (χ3v) is 5.95. The van der Waals surface area contributed by atoms with E-state index in [0.717, 1.165) is 0 Å². The largest absolute Gasteiger partial charge is 0.370 e. The van der Waals surface area contributed by atoms with Crippen LogP contribution in [-0.2, 0) is 4.79 Å². The van der Waals surface area contributed by atoms with Gasteiger partial charge in [0.05, 0.1) is 18.2 Å². The van der Waals surface area contributed by atoms with Crippen LogP contribution in [-0.4, -0.2) is 16.7 Å². The monoisotopic (exact) mass is 320 g/mol. The molecule has 1 aliphatic heterocycles. The molecule has 1 saturated carbocycles. The van der Waals surface area contributed by atoms with E-state index in [2.05, 4.69) is 5.32 Å². The van der Waals surface area contributed by atoms with Crippen LogP contribution in [0.4, 0.5) is 0 Å². The van der Waals surface area contributed by atoms with E-state index in [1.54, 1.807) is 44.2 Å². The van der Waals surface area contributed by atoms with E-state index < -0.39 is 40.2 Å². The number of carbonyl (C=O) groups is 1. The van der Waals surface area contributed by atoms with Crippen molar-refractivity contribution in [2.75, 3.05) is 0 Å². The Morgan fingerprint density at radius 2 is 1.67 bits per heavy atom. The summed E-state index contributed by atoms with van der Waals surface area (Å²) in [4.78, 5) is 12.7. The fourth-order valence-corrected chi connectivity index (χ4v) is 4.59. The first-order valence-electron chi connectivity index (χ1n) is 7.69. The lowest BCUT2D eigenvalue weighted by Gasteiger charge is -2.51. The van der Waals surface area contributed by atoms with Crippen molar-refractivity contribution in [1.82, 2.24) is 5.32 Å². The van der Waals surface area contributed by atoms with Gasteiger partial charge in [-0.2, -0.15) is 15.8 Å². The highest BCUT2D eigenvalue weighted by atomic mass is 16.3. The average Bonchev–Trinajstić information content (AvgIpc) is 2.77. The van der Waals surface area contributed by atoms with E-state index in [9.17, 15) is 25.7 Å². The van der Waals surface area contributed by atoms with Crippen molar-refractivity contribution in [2.24, 2.45) is 22.7 Å². The predicted octanol–water partition coefficient (Wildman–Crippen LogP) is 1.42. The molecular weight excluding hydrogens is 304 g/mol. The highest BCUT2D eigenvalue weighted by Gasteiger charge is 2.79. The highest BCUT2D eigenvalue weighted by Crippen LogP contribution is 2.66. The van der Waals surface area contributed by atoms with E-state index in [1.807, 2.05) is 18.2 Å². The van der Waals surface area contributed by atoms with Gasteiger partial charge in [-0.25, -0.2) is 0 Å². The minimum atomic E-state index is -1.93. The molecule has 1 heterocycles. The summed E-state index contributed by atoms with van der Waals surface area (Å²) < 4.78 is 0. The van der Waals surface area contributed by atoms with Crippen molar-refractivity contribution in [1.29, 1.82) is 15.8 Å². The molecule has 2 aliphatic rings. The summed E-state index contributed by atoms with van der Waals surface area (Å²) in [5.74, 6) is -3.05. The Kier molecular flexibility index (Phi) is 3.20. The third-order valence-electron chi connectivity index (χ3n) is 5.95. The SMILES string of the molecule is C[C@@H]1[C@H](c2ccccc2)C(C#N)(C#N)[C@@]2(C#N)C(=O)N[C@@]1(O)[C@@H]2C. The van der Waals surface area contributed by atoms with Crippen LogP contribution in [0.25, 0.3) is 0 Å². The molecule has 0 spiro atoms. The molecule has 0 radical (unpaired) electrons. The van der Waals surface area contributed by atoms with Gasteiger partial charge in [0.25, 0.3) is 0 Å². The van der Waals surface area contributed by atoms with Crippen LogP contribution in [0.5, 0.6) is 0 Å². The number of nitrogens with zero attached hydrogens (tertiary/aromatic N) is 3. The second kappa shape index (κ2) is 4.81. The van der Waals surface area contributed by atoms with Crippen LogP contribution in [0.1, 0.15) is 25.3 Å². The van der Waals surface area contributed by atoms with Gasteiger partial charge < -0.3 is 10.4 Å². The van der Waals surface area contributed by atoms with Gasteiger partial charge in [0.15, 0.2) is 10.8 Å². The number of hydrogen-bond acceptors (Lipinski definition) is 5. The molecule has 3 rings (SSSR count).